The van der Waals surface area contributed by atoms with Crippen molar-refractivity contribution in [2.45, 2.75) is 25.7 Å². The Morgan fingerprint density at radius 3 is 2.55 bits per heavy atom. The van der Waals surface area contributed by atoms with Gasteiger partial charge in [0.1, 0.15) is 17.6 Å². The zero-order valence-electron chi connectivity index (χ0n) is 11.3. The smallest absolute Gasteiger partial charge is 0.433 e. The van der Waals surface area contributed by atoms with E-state index in [9.17, 15) is 26.4 Å². The van der Waals surface area contributed by atoms with Crippen LogP contribution in [0.4, 0.5) is 13.2 Å². The highest BCUT2D eigenvalue weighted by Gasteiger charge is 2.33. The molecule has 0 saturated heterocycles. The third kappa shape index (κ3) is 5.54. The summed E-state index contributed by atoms with van der Waals surface area (Å²) < 4.78 is 62.7. The van der Waals surface area contributed by atoms with Crippen LogP contribution in [0.1, 0.15) is 17.2 Å². The molecule has 0 fully saturated rings. The number of rotatable bonds is 6. The zero-order valence-corrected chi connectivity index (χ0v) is 12.1. The number of hydrogen-bond donors (Lipinski definition) is 3. The highest BCUT2D eigenvalue weighted by Crippen LogP contribution is 2.27. The minimum absolute atomic E-state index is 0.0127. The number of hydrogen-bond acceptors (Lipinski definition) is 6. The van der Waals surface area contributed by atoms with Crippen LogP contribution in [0.25, 0.3) is 0 Å². The monoisotopic (exact) mass is 342 g/mol. The molecule has 1 unspecified atom stereocenters. The first-order valence-electron chi connectivity index (χ1n) is 5.78. The van der Waals surface area contributed by atoms with Crippen LogP contribution < -0.4 is 10.5 Å². The third-order valence-corrected chi connectivity index (χ3v) is 3.74. The van der Waals surface area contributed by atoms with Crippen molar-refractivity contribution in [3.63, 3.8) is 0 Å². The van der Waals surface area contributed by atoms with Gasteiger partial charge in [0.2, 0.25) is 10.0 Å². The summed E-state index contributed by atoms with van der Waals surface area (Å²) in [6.07, 6.45) is -4.69. The Bertz CT molecular complexity index is 663. The number of nitrogens with two attached hydrogens (primary N) is 1. The Morgan fingerprint density at radius 2 is 2.05 bits per heavy atom. The van der Waals surface area contributed by atoms with Crippen LogP contribution in [0.2, 0.25) is 0 Å². The van der Waals surface area contributed by atoms with Gasteiger partial charge in [0, 0.05) is 5.69 Å². The molecule has 0 aliphatic carbocycles. The number of aromatic nitrogens is 2. The lowest BCUT2D eigenvalue weighted by atomic mass is 10.3. The van der Waals surface area contributed by atoms with Gasteiger partial charge in [-0.15, -0.1) is 0 Å². The number of aryl methyl sites for hydroxylation is 1. The molecule has 1 atom stereocenters. The molecular weight excluding hydrogens is 329 g/mol. The van der Waals surface area contributed by atoms with Crippen molar-refractivity contribution in [2.75, 3.05) is 5.75 Å². The summed E-state index contributed by atoms with van der Waals surface area (Å²) >= 11 is 0. The van der Waals surface area contributed by atoms with Gasteiger partial charge in [-0.05, 0) is 13.0 Å². The van der Waals surface area contributed by atoms with E-state index in [1.54, 1.807) is 0 Å². The average molecular weight is 342 g/mol. The predicted octanol–water partition coefficient (Wildman–Crippen LogP) is -0.365. The van der Waals surface area contributed by atoms with E-state index in [-0.39, 0.29) is 11.5 Å². The number of nitrogens with zero attached hydrogens (tertiary/aromatic N) is 2. The molecule has 4 N–H and O–H groups in total. The summed E-state index contributed by atoms with van der Waals surface area (Å²) in [4.78, 5) is 17.4. The number of halogens is 3. The van der Waals surface area contributed by atoms with E-state index in [0.717, 1.165) is 6.07 Å². The van der Waals surface area contributed by atoms with Crippen LogP contribution in [0.3, 0.4) is 0 Å². The molecule has 1 rings (SSSR count). The minimum Gasteiger partial charge on any atom is -0.480 e. The van der Waals surface area contributed by atoms with E-state index in [1.165, 1.54) is 6.92 Å². The Balaban J connectivity index is 2.84. The fraction of sp³-hybridized carbons (Fsp3) is 0.500. The summed E-state index contributed by atoms with van der Waals surface area (Å²) in [6, 6.07) is -0.931. The maximum Gasteiger partial charge on any atom is 0.433 e. The molecule has 12 heteroatoms. The first-order valence-corrected chi connectivity index (χ1v) is 7.43. The maximum atomic E-state index is 12.6. The predicted molar refractivity (Wildman–Crippen MR) is 68.0 cm³/mol. The molecule has 124 valence electrons. The molecule has 0 saturated carbocycles. The molecule has 0 aromatic carbocycles. The van der Waals surface area contributed by atoms with Gasteiger partial charge in [-0.3, -0.25) is 4.79 Å². The van der Waals surface area contributed by atoms with Gasteiger partial charge in [-0.25, -0.2) is 23.1 Å². The first-order chi connectivity index (χ1) is 9.90. The van der Waals surface area contributed by atoms with Gasteiger partial charge in [0.05, 0.1) is 12.3 Å². The van der Waals surface area contributed by atoms with Gasteiger partial charge in [-0.1, -0.05) is 0 Å². The van der Waals surface area contributed by atoms with Crippen molar-refractivity contribution >= 4 is 16.0 Å². The zero-order chi connectivity index (χ0) is 17.1. The first kappa shape index (κ1) is 18.3. The number of carbonyl (C=O) groups is 1. The molecule has 0 bridgehead atoms. The summed E-state index contributed by atoms with van der Waals surface area (Å²) in [6.45, 7) is 0.689. The summed E-state index contributed by atoms with van der Waals surface area (Å²) in [5, 5.41) is 8.53. The fourth-order valence-corrected chi connectivity index (χ4v) is 2.48. The van der Waals surface area contributed by atoms with Crippen molar-refractivity contribution in [2.24, 2.45) is 5.73 Å². The number of carboxylic acids is 1. The second kappa shape index (κ2) is 6.54. The normalized spacial score (nSPS) is 13.9. The van der Waals surface area contributed by atoms with E-state index < -0.39 is 46.2 Å². The second-order valence-electron chi connectivity index (χ2n) is 4.36. The van der Waals surface area contributed by atoms with E-state index in [1.807, 2.05) is 4.72 Å². The Morgan fingerprint density at radius 1 is 1.45 bits per heavy atom. The van der Waals surface area contributed by atoms with Gasteiger partial charge in [-0.2, -0.15) is 13.2 Å². The van der Waals surface area contributed by atoms with E-state index in [0.29, 0.717) is 0 Å². The van der Waals surface area contributed by atoms with Crippen LogP contribution >= 0.6 is 0 Å². The average Bonchev–Trinajstić information content (AvgIpc) is 2.34. The highest BCUT2D eigenvalue weighted by atomic mass is 32.2. The second-order valence-corrected chi connectivity index (χ2v) is 6.21. The Labute approximate surface area is 123 Å². The third-order valence-electron chi connectivity index (χ3n) is 2.36. The summed E-state index contributed by atoms with van der Waals surface area (Å²) in [7, 11) is -4.10. The van der Waals surface area contributed by atoms with Gasteiger partial charge >= 0.3 is 12.1 Å². The van der Waals surface area contributed by atoms with E-state index >= 15 is 0 Å². The van der Waals surface area contributed by atoms with E-state index in [2.05, 4.69) is 9.97 Å². The van der Waals surface area contributed by atoms with Crippen molar-refractivity contribution in [1.29, 1.82) is 0 Å². The molecule has 8 nitrogen and oxygen atoms in total. The molecule has 1 aromatic rings. The molecule has 0 aliphatic heterocycles. The summed E-state index contributed by atoms with van der Waals surface area (Å²) in [5.41, 5.74) is 3.89. The van der Waals surface area contributed by atoms with Crippen molar-refractivity contribution in [3.8, 4) is 0 Å². The highest BCUT2D eigenvalue weighted by molar-refractivity contribution is 7.89. The van der Waals surface area contributed by atoms with E-state index in [4.69, 9.17) is 10.8 Å². The number of carboxylic acid groups (broad SMARTS) is 1. The van der Waals surface area contributed by atoms with Gasteiger partial charge < -0.3 is 10.8 Å². The van der Waals surface area contributed by atoms with Crippen LogP contribution in [-0.2, 0) is 27.5 Å². The molecule has 0 amide bonds. The quantitative estimate of drug-likeness (QED) is 0.642. The minimum atomic E-state index is -4.69. The van der Waals surface area contributed by atoms with Crippen LogP contribution in [0.15, 0.2) is 6.07 Å². The molecular formula is C10H13F3N4O4S. The lowest BCUT2D eigenvalue weighted by Gasteiger charge is -2.11. The standard InChI is InChI=1S/C10H13F3N4O4S/c1-5-2-7(10(11,12)13)17-8(16-5)3-15-22(20,21)4-6(14)9(18)19/h2,6,15H,3-4,14H2,1H3,(H,18,19). The maximum absolute atomic E-state index is 12.6. The lowest BCUT2D eigenvalue weighted by Crippen LogP contribution is -2.41. The largest absolute Gasteiger partial charge is 0.480 e. The number of nitrogens with one attached hydrogen (secondary N) is 1. The number of sulfonamides is 1. The molecule has 1 aromatic heterocycles. The lowest BCUT2D eigenvalue weighted by molar-refractivity contribution is -0.141. The molecule has 0 radical (unpaired) electrons. The Kier molecular flexibility index (Phi) is 5.43. The topological polar surface area (TPSA) is 135 Å². The summed E-state index contributed by atoms with van der Waals surface area (Å²) in [5.74, 6) is -2.82. The van der Waals surface area contributed by atoms with Crippen molar-refractivity contribution in [3.05, 3.63) is 23.3 Å². The van der Waals surface area contributed by atoms with Crippen LogP contribution in [0.5, 0.6) is 0 Å². The number of aliphatic carboxylic acids is 1. The Hall–Kier alpha value is -1.79. The molecule has 1 heterocycles. The van der Waals surface area contributed by atoms with Crippen molar-refractivity contribution < 1.29 is 31.5 Å². The van der Waals surface area contributed by atoms with Crippen molar-refractivity contribution in [1.82, 2.24) is 14.7 Å². The molecule has 22 heavy (non-hydrogen) atoms. The van der Waals surface area contributed by atoms with Crippen LogP contribution in [0, 0.1) is 6.92 Å². The number of alkyl halides is 3. The van der Waals surface area contributed by atoms with Crippen LogP contribution in [-0.4, -0.2) is 41.3 Å². The molecule has 0 spiro atoms. The van der Waals surface area contributed by atoms with Gasteiger partial charge in [0.25, 0.3) is 0 Å². The molecule has 0 aliphatic rings. The van der Waals surface area contributed by atoms with Gasteiger partial charge in [0.15, 0.2) is 0 Å². The SMILES string of the molecule is Cc1cc(C(F)(F)F)nc(CNS(=O)(=O)CC(N)C(=O)O)n1. The fourth-order valence-electron chi connectivity index (χ4n) is 1.40.